The lowest BCUT2D eigenvalue weighted by molar-refractivity contribution is -0.126. The van der Waals surface area contributed by atoms with Crippen LogP contribution in [0.5, 0.6) is 0 Å². The molecule has 0 saturated carbocycles. The van der Waals surface area contributed by atoms with E-state index in [1.165, 1.54) is 17.0 Å². The first kappa shape index (κ1) is 22.6. The van der Waals surface area contributed by atoms with E-state index in [1.807, 2.05) is 4.90 Å². The third kappa shape index (κ3) is 5.43. The summed E-state index contributed by atoms with van der Waals surface area (Å²) < 4.78 is 25.4. The Morgan fingerprint density at radius 1 is 1.27 bits per heavy atom. The van der Waals surface area contributed by atoms with E-state index in [2.05, 4.69) is 5.32 Å². The van der Waals surface area contributed by atoms with Gasteiger partial charge in [0.2, 0.25) is 5.91 Å². The van der Waals surface area contributed by atoms with Gasteiger partial charge in [0.15, 0.2) is 5.11 Å². The summed E-state index contributed by atoms with van der Waals surface area (Å²) in [4.78, 5) is 29.5. The Morgan fingerprint density at radius 3 is 2.73 bits per heavy atom. The highest BCUT2D eigenvalue weighted by Crippen LogP contribution is 2.28. The molecule has 2 amide bonds. The molecular weight excluding hydrogens is 449 g/mol. The Morgan fingerprint density at radius 2 is 2.06 bits per heavy atom. The molecule has 2 saturated heterocycles. The molecular formula is C22H24FN5O4S. The lowest BCUT2D eigenvalue weighted by atomic mass is 10.2. The van der Waals surface area contributed by atoms with Crippen LogP contribution in [-0.4, -0.2) is 67.4 Å². The van der Waals surface area contributed by atoms with E-state index in [1.54, 1.807) is 41.5 Å². The Labute approximate surface area is 195 Å². The van der Waals surface area contributed by atoms with Crippen LogP contribution in [0.15, 0.2) is 47.1 Å². The van der Waals surface area contributed by atoms with Crippen molar-refractivity contribution in [1.29, 1.82) is 0 Å². The molecule has 2 fully saturated rings. The zero-order chi connectivity index (χ0) is 23.4. The average molecular weight is 474 g/mol. The van der Waals surface area contributed by atoms with Crippen LogP contribution >= 0.6 is 12.2 Å². The standard InChI is InChI=1S/C22H24FN5O4S/c23-18-12-15(28-14-17(32-22(28)30)13-25-21(24)33)3-5-19(18)26-7-9-27(10-8-26)20(29)6-4-16-2-1-11-31-16/h1-6,11-12,17H,7-10,13-14H2,(H3,24,25,33)/t17-/m0/s1. The molecule has 2 aromatic rings. The van der Waals surface area contributed by atoms with Gasteiger partial charge in [-0.25, -0.2) is 9.18 Å². The van der Waals surface area contributed by atoms with E-state index < -0.39 is 18.0 Å². The number of hydrogen-bond acceptors (Lipinski definition) is 6. The number of nitrogens with two attached hydrogens (primary N) is 1. The van der Waals surface area contributed by atoms with Crippen molar-refractivity contribution >= 4 is 46.8 Å². The van der Waals surface area contributed by atoms with Crippen LogP contribution in [0.1, 0.15) is 5.76 Å². The summed E-state index contributed by atoms with van der Waals surface area (Å²) in [7, 11) is 0. The van der Waals surface area contributed by atoms with Gasteiger partial charge in [0.1, 0.15) is 17.7 Å². The van der Waals surface area contributed by atoms with Crippen LogP contribution in [0.4, 0.5) is 20.6 Å². The number of amides is 2. The van der Waals surface area contributed by atoms with Crippen LogP contribution in [0.25, 0.3) is 6.08 Å². The van der Waals surface area contributed by atoms with Crippen molar-refractivity contribution < 1.29 is 23.1 Å². The second kappa shape index (κ2) is 9.90. The van der Waals surface area contributed by atoms with E-state index >= 15 is 0 Å². The Kier molecular flexibility index (Phi) is 6.78. The second-order valence-electron chi connectivity index (χ2n) is 7.66. The number of carbonyl (C=O) groups is 2. The first-order valence-electron chi connectivity index (χ1n) is 10.5. The fraction of sp³-hybridized carbons (Fsp3) is 0.318. The molecule has 0 bridgehead atoms. The van der Waals surface area contributed by atoms with Crippen molar-refractivity contribution in [3.05, 3.63) is 54.2 Å². The fourth-order valence-electron chi connectivity index (χ4n) is 3.79. The highest BCUT2D eigenvalue weighted by molar-refractivity contribution is 7.80. The number of nitrogens with zero attached hydrogens (tertiary/aromatic N) is 3. The summed E-state index contributed by atoms with van der Waals surface area (Å²) in [6.45, 7) is 2.49. The lowest BCUT2D eigenvalue weighted by Gasteiger charge is -2.36. The number of cyclic esters (lactones) is 1. The maximum atomic E-state index is 14.9. The monoisotopic (exact) mass is 473 g/mol. The van der Waals surface area contributed by atoms with Crippen molar-refractivity contribution in [2.45, 2.75) is 6.10 Å². The minimum Gasteiger partial charge on any atom is -0.465 e. The quantitative estimate of drug-likeness (QED) is 0.485. The molecule has 9 nitrogen and oxygen atoms in total. The number of furan rings is 1. The van der Waals surface area contributed by atoms with E-state index in [4.69, 9.17) is 27.1 Å². The molecule has 33 heavy (non-hydrogen) atoms. The van der Waals surface area contributed by atoms with Gasteiger partial charge in [0, 0.05) is 32.3 Å². The third-order valence-corrected chi connectivity index (χ3v) is 5.63. The number of benzene rings is 1. The van der Waals surface area contributed by atoms with Crippen LogP contribution in [0.2, 0.25) is 0 Å². The number of anilines is 2. The molecule has 3 N–H and O–H groups in total. The number of nitrogens with one attached hydrogen (secondary N) is 1. The zero-order valence-electron chi connectivity index (χ0n) is 17.8. The Balaban J connectivity index is 1.34. The third-order valence-electron chi connectivity index (χ3n) is 5.49. The van der Waals surface area contributed by atoms with E-state index in [9.17, 15) is 14.0 Å². The predicted octanol–water partition coefficient (Wildman–Crippen LogP) is 1.94. The largest absolute Gasteiger partial charge is 0.465 e. The number of thiocarbonyl (C=S) groups is 1. The van der Waals surface area contributed by atoms with Gasteiger partial charge < -0.3 is 30.0 Å². The van der Waals surface area contributed by atoms with Gasteiger partial charge in [-0.15, -0.1) is 0 Å². The molecule has 1 aromatic heterocycles. The summed E-state index contributed by atoms with van der Waals surface area (Å²) >= 11 is 4.76. The van der Waals surface area contributed by atoms with Crippen molar-refractivity contribution in [2.75, 3.05) is 49.1 Å². The molecule has 0 radical (unpaired) electrons. The highest BCUT2D eigenvalue weighted by Gasteiger charge is 2.33. The number of halogens is 1. The molecule has 0 aliphatic carbocycles. The van der Waals surface area contributed by atoms with Crippen LogP contribution in [0, 0.1) is 5.82 Å². The van der Waals surface area contributed by atoms with Crippen LogP contribution in [-0.2, 0) is 9.53 Å². The minimum atomic E-state index is -0.549. The van der Waals surface area contributed by atoms with Gasteiger partial charge in [0.25, 0.3) is 0 Å². The second-order valence-corrected chi connectivity index (χ2v) is 8.10. The number of rotatable bonds is 6. The number of ether oxygens (including phenoxy) is 1. The van der Waals surface area contributed by atoms with Crippen molar-refractivity contribution in [1.82, 2.24) is 10.2 Å². The number of carbonyl (C=O) groups excluding carboxylic acids is 2. The Bertz CT molecular complexity index is 1050. The van der Waals surface area contributed by atoms with Crippen LogP contribution in [0.3, 0.4) is 0 Å². The Hall–Kier alpha value is -3.60. The molecule has 11 heteroatoms. The minimum absolute atomic E-state index is 0.117. The van der Waals surface area contributed by atoms with Gasteiger partial charge in [-0.3, -0.25) is 9.69 Å². The molecule has 4 rings (SSSR count). The highest BCUT2D eigenvalue weighted by atomic mass is 32.1. The summed E-state index contributed by atoms with van der Waals surface area (Å²) in [5, 5.41) is 2.88. The van der Waals surface area contributed by atoms with Gasteiger partial charge in [-0.1, -0.05) is 0 Å². The zero-order valence-corrected chi connectivity index (χ0v) is 18.6. The SMILES string of the molecule is NC(=S)NC[C@H]1CN(c2ccc(N3CCN(C(=O)C=Cc4ccco4)CC3)c(F)c2)C(=O)O1. The van der Waals surface area contributed by atoms with Gasteiger partial charge >= 0.3 is 6.09 Å². The molecule has 2 aliphatic heterocycles. The van der Waals surface area contributed by atoms with Crippen LogP contribution < -0.4 is 20.9 Å². The molecule has 1 aromatic carbocycles. The van der Waals surface area contributed by atoms with Crippen molar-refractivity contribution in [2.24, 2.45) is 5.73 Å². The van der Waals surface area contributed by atoms with Crippen molar-refractivity contribution in [3.8, 4) is 0 Å². The average Bonchev–Trinajstić information content (AvgIpc) is 3.45. The van der Waals surface area contributed by atoms with E-state index in [-0.39, 0.29) is 24.1 Å². The summed E-state index contributed by atoms with van der Waals surface area (Å²) in [5.41, 5.74) is 6.24. The molecule has 0 unspecified atom stereocenters. The molecule has 2 aliphatic rings. The first-order valence-corrected chi connectivity index (χ1v) is 10.9. The maximum absolute atomic E-state index is 14.9. The number of piperazine rings is 1. The van der Waals surface area contributed by atoms with E-state index in [0.29, 0.717) is 43.3 Å². The summed E-state index contributed by atoms with van der Waals surface area (Å²) in [6, 6.07) is 8.17. The maximum Gasteiger partial charge on any atom is 0.414 e. The van der Waals surface area contributed by atoms with E-state index in [0.717, 1.165) is 0 Å². The van der Waals surface area contributed by atoms with Crippen molar-refractivity contribution in [3.63, 3.8) is 0 Å². The lowest BCUT2D eigenvalue weighted by Crippen LogP contribution is -2.48. The molecule has 3 heterocycles. The van der Waals surface area contributed by atoms with Gasteiger partial charge in [0.05, 0.1) is 30.7 Å². The van der Waals surface area contributed by atoms with Gasteiger partial charge in [-0.05, 0) is 48.6 Å². The fourth-order valence-corrected chi connectivity index (χ4v) is 3.87. The number of hydrogen-bond donors (Lipinski definition) is 2. The molecule has 0 spiro atoms. The first-order chi connectivity index (χ1) is 15.9. The summed E-state index contributed by atoms with van der Waals surface area (Å²) in [5.74, 6) is 0.0489. The van der Waals surface area contributed by atoms with Gasteiger partial charge in [-0.2, -0.15) is 0 Å². The molecule has 174 valence electrons. The predicted molar refractivity (Wildman–Crippen MR) is 125 cm³/mol. The molecule has 1 atom stereocenters. The normalized spacial score (nSPS) is 18.6. The summed E-state index contributed by atoms with van der Waals surface area (Å²) in [6.07, 6.45) is 3.66. The smallest absolute Gasteiger partial charge is 0.414 e. The topological polar surface area (TPSA) is 104 Å².